The zero-order valence-electron chi connectivity index (χ0n) is 29.4. The van der Waals surface area contributed by atoms with E-state index in [9.17, 15) is 0 Å². The van der Waals surface area contributed by atoms with E-state index in [4.69, 9.17) is 13.3 Å². The molecular formula is C50H30N2O3. The minimum atomic E-state index is 0.823. The van der Waals surface area contributed by atoms with Gasteiger partial charge < -0.3 is 18.2 Å². The van der Waals surface area contributed by atoms with Crippen molar-refractivity contribution in [2.24, 2.45) is 0 Å². The third-order valence-electron chi connectivity index (χ3n) is 11.0. The molecule has 4 heterocycles. The molecule has 8 aromatic carbocycles. The third-order valence-corrected chi connectivity index (χ3v) is 11.0. The quantitative estimate of drug-likeness (QED) is 0.179. The fourth-order valence-electron chi connectivity index (χ4n) is 8.53. The highest BCUT2D eigenvalue weighted by Gasteiger charge is 2.24. The number of anilines is 3. The predicted octanol–water partition coefficient (Wildman–Crippen LogP) is 14.5. The van der Waals surface area contributed by atoms with Crippen molar-refractivity contribution in [2.75, 3.05) is 4.90 Å². The second-order valence-corrected chi connectivity index (χ2v) is 14.1. The van der Waals surface area contributed by atoms with E-state index in [1.807, 2.05) is 30.3 Å². The average Bonchev–Trinajstić information content (AvgIpc) is 4.00. The zero-order valence-corrected chi connectivity index (χ0v) is 29.4. The maximum Gasteiger partial charge on any atom is 0.213 e. The van der Waals surface area contributed by atoms with E-state index >= 15 is 0 Å². The molecule has 0 saturated heterocycles. The molecule has 0 amide bonds. The summed E-state index contributed by atoms with van der Waals surface area (Å²) in [7, 11) is 0. The van der Waals surface area contributed by atoms with Crippen molar-refractivity contribution in [1.29, 1.82) is 0 Å². The Morgan fingerprint density at radius 2 is 0.945 bits per heavy atom. The Morgan fingerprint density at radius 1 is 0.382 bits per heavy atom. The van der Waals surface area contributed by atoms with Crippen molar-refractivity contribution in [2.45, 2.75) is 0 Å². The molecule has 0 aliphatic heterocycles. The van der Waals surface area contributed by atoms with Gasteiger partial charge >= 0.3 is 0 Å². The van der Waals surface area contributed by atoms with Crippen molar-refractivity contribution >= 4 is 93.9 Å². The summed E-state index contributed by atoms with van der Waals surface area (Å²) >= 11 is 0. The average molecular weight is 707 g/mol. The lowest BCUT2D eigenvalue weighted by atomic mass is 10.0. The number of hydrogen-bond acceptors (Lipinski definition) is 4. The number of nitrogens with zero attached hydrogens (tertiary/aromatic N) is 2. The van der Waals surface area contributed by atoms with Crippen LogP contribution < -0.4 is 4.90 Å². The summed E-state index contributed by atoms with van der Waals surface area (Å²) in [6.07, 6.45) is 0. The van der Waals surface area contributed by atoms with Crippen LogP contribution in [0.5, 0.6) is 0 Å². The maximum absolute atomic E-state index is 6.73. The normalized spacial score (nSPS) is 12.0. The van der Waals surface area contributed by atoms with Gasteiger partial charge in [-0.3, -0.25) is 4.57 Å². The van der Waals surface area contributed by atoms with Gasteiger partial charge in [0.15, 0.2) is 11.2 Å². The van der Waals surface area contributed by atoms with Gasteiger partial charge in [-0.25, -0.2) is 0 Å². The fourth-order valence-corrected chi connectivity index (χ4v) is 8.53. The van der Waals surface area contributed by atoms with Crippen molar-refractivity contribution in [3.63, 3.8) is 0 Å². The van der Waals surface area contributed by atoms with Crippen LogP contribution in [0.2, 0.25) is 0 Å². The van der Waals surface area contributed by atoms with Gasteiger partial charge in [0, 0.05) is 43.7 Å². The molecule has 0 N–H and O–H groups in total. The van der Waals surface area contributed by atoms with Gasteiger partial charge in [-0.1, -0.05) is 115 Å². The van der Waals surface area contributed by atoms with Crippen LogP contribution in [0.1, 0.15) is 0 Å². The minimum Gasteiger partial charge on any atom is -0.454 e. The van der Waals surface area contributed by atoms with Gasteiger partial charge in [0.2, 0.25) is 5.71 Å². The molecule has 0 bridgehead atoms. The molecule has 0 fully saturated rings. The van der Waals surface area contributed by atoms with Crippen molar-refractivity contribution < 1.29 is 13.3 Å². The molecule has 0 atom stereocenters. The van der Waals surface area contributed by atoms with E-state index in [0.29, 0.717) is 0 Å². The summed E-state index contributed by atoms with van der Waals surface area (Å²) in [4.78, 5) is 2.26. The van der Waals surface area contributed by atoms with E-state index in [1.165, 1.54) is 5.39 Å². The first-order valence-electron chi connectivity index (χ1n) is 18.5. The smallest absolute Gasteiger partial charge is 0.213 e. The molecule has 0 aliphatic rings. The lowest BCUT2D eigenvalue weighted by molar-refractivity contribution is 0.645. The van der Waals surface area contributed by atoms with Gasteiger partial charge in [0.05, 0.1) is 22.3 Å². The van der Waals surface area contributed by atoms with E-state index in [-0.39, 0.29) is 0 Å². The summed E-state index contributed by atoms with van der Waals surface area (Å²) in [5.74, 6) is 0. The van der Waals surface area contributed by atoms with Crippen molar-refractivity contribution in [1.82, 2.24) is 4.57 Å². The third kappa shape index (κ3) is 4.41. The van der Waals surface area contributed by atoms with Gasteiger partial charge in [-0.05, 0) is 77.9 Å². The molecule has 0 unspecified atom stereocenters. The van der Waals surface area contributed by atoms with E-state index < -0.39 is 0 Å². The van der Waals surface area contributed by atoms with Crippen LogP contribution in [0.15, 0.2) is 195 Å². The standard InChI is InChI=1S/C50H30N2O3/c1-2-12-33(13-3-1)52-41-19-7-4-16-39(41)47-40-29-26-32(30-46(40)55-50(47)52)31-24-27-34(28-25-31)51(42-20-10-17-37-35-14-5-8-22-44(35)53-48(37)42)43-21-11-18-38-36-15-6-9-23-45(36)54-49(38)43/h1-30H. The summed E-state index contributed by atoms with van der Waals surface area (Å²) in [6, 6.07) is 63.4. The van der Waals surface area contributed by atoms with Crippen molar-refractivity contribution in [3.8, 4) is 16.8 Å². The number of hydrogen-bond donors (Lipinski definition) is 0. The summed E-state index contributed by atoms with van der Waals surface area (Å²) < 4.78 is 22.2. The second kappa shape index (κ2) is 11.5. The largest absolute Gasteiger partial charge is 0.454 e. The fraction of sp³-hybridized carbons (Fsp3) is 0. The topological polar surface area (TPSA) is 47.6 Å². The highest BCUT2D eigenvalue weighted by atomic mass is 16.3. The van der Waals surface area contributed by atoms with Crippen molar-refractivity contribution in [3.05, 3.63) is 182 Å². The molecule has 258 valence electrons. The zero-order chi connectivity index (χ0) is 36.0. The molecule has 5 heteroatoms. The summed E-state index contributed by atoms with van der Waals surface area (Å²) in [5.41, 5.74) is 12.3. The highest BCUT2D eigenvalue weighted by molar-refractivity contribution is 6.20. The van der Waals surface area contributed by atoms with Gasteiger partial charge in [-0.15, -0.1) is 0 Å². The van der Waals surface area contributed by atoms with E-state index in [0.717, 1.165) is 105 Å². The number of rotatable bonds is 5. The SMILES string of the molecule is c1ccc(-n2c3ccccc3c3c4ccc(-c5ccc(N(c6cccc7c6oc6ccccc67)c6cccc7c6oc6ccccc67)cc5)cc4oc32)cc1. The summed E-state index contributed by atoms with van der Waals surface area (Å²) in [5, 5.41) is 7.72. The molecule has 4 aromatic heterocycles. The van der Waals surface area contributed by atoms with Gasteiger partial charge in [-0.2, -0.15) is 0 Å². The van der Waals surface area contributed by atoms with Crippen LogP contribution in [-0.4, -0.2) is 4.57 Å². The number of benzene rings is 8. The van der Waals surface area contributed by atoms with Crippen LogP contribution in [0.25, 0.3) is 93.7 Å². The minimum absolute atomic E-state index is 0.823. The Hall–Kier alpha value is -7.50. The van der Waals surface area contributed by atoms with Crippen LogP contribution in [-0.2, 0) is 0 Å². The van der Waals surface area contributed by atoms with E-state index in [2.05, 4.69) is 161 Å². The molecule has 55 heavy (non-hydrogen) atoms. The van der Waals surface area contributed by atoms with Gasteiger partial charge in [0.1, 0.15) is 16.7 Å². The Kier molecular flexibility index (Phi) is 6.27. The molecule has 5 nitrogen and oxygen atoms in total. The molecule has 0 spiro atoms. The number of para-hydroxylation sites is 6. The van der Waals surface area contributed by atoms with Crippen LogP contribution in [0.3, 0.4) is 0 Å². The molecular weight excluding hydrogens is 677 g/mol. The molecule has 12 aromatic rings. The molecule has 0 saturated carbocycles. The number of furan rings is 3. The number of fused-ring (bicyclic) bond motifs is 11. The highest BCUT2D eigenvalue weighted by Crippen LogP contribution is 2.46. The molecule has 0 radical (unpaired) electrons. The van der Waals surface area contributed by atoms with Crippen LogP contribution in [0.4, 0.5) is 17.1 Å². The van der Waals surface area contributed by atoms with Crippen LogP contribution in [0, 0.1) is 0 Å². The van der Waals surface area contributed by atoms with Crippen LogP contribution >= 0.6 is 0 Å². The van der Waals surface area contributed by atoms with Gasteiger partial charge in [0.25, 0.3) is 0 Å². The first kappa shape index (κ1) is 30.0. The summed E-state index contributed by atoms with van der Waals surface area (Å²) in [6.45, 7) is 0. The Morgan fingerprint density at radius 3 is 1.62 bits per heavy atom. The monoisotopic (exact) mass is 706 g/mol. The predicted molar refractivity (Wildman–Crippen MR) is 225 cm³/mol. The second-order valence-electron chi connectivity index (χ2n) is 14.1. The molecule has 0 aliphatic carbocycles. The Bertz CT molecular complexity index is 3320. The lowest BCUT2D eigenvalue weighted by Crippen LogP contribution is -2.10. The molecule has 12 rings (SSSR count). The van der Waals surface area contributed by atoms with E-state index in [1.54, 1.807) is 0 Å². The maximum atomic E-state index is 6.73. The Balaban J connectivity index is 1.02. The first-order chi connectivity index (χ1) is 27.3. The Labute approximate surface area is 314 Å². The first-order valence-corrected chi connectivity index (χ1v) is 18.5. The lowest BCUT2D eigenvalue weighted by Gasteiger charge is -2.25. The number of aromatic nitrogens is 1.